The number of nitrogens with one attached hydrogen (secondary N) is 1. The van der Waals surface area contributed by atoms with Gasteiger partial charge in [-0.25, -0.2) is 0 Å². The normalized spacial score (nSPS) is 11.2. The first-order valence-electron chi connectivity index (χ1n) is 10.9. The molecule has 0 fully saturated rings. The molecule has 170 valence electrons. The van der Waals surface area contributed by atoms with Gasteiger partial charge in [0.2, 0.25) is 11.7 Å². The number of hydrogen-bond donors (Lipinski definition) is 1. The highest BCUT2D eigenvalue weighted by Crippen LogP contribution is 2.23. The summed E-state index contributed by atoms with van der Waals surface area (Å²) >= 11 is 1.29. The van der Waals surface area contributed by atoms with Crippen molar-refractivity contribution in [3.05, 3.63) is 99.8 Å². The molecule has 0 aliphatic rings. The standard InChI is InChI=1S/C26H23N5O2S/c1-17-12-13-18(2)21(14-17)27-23(32)16-34-26-29-28-25-30(15-19-8-4-3-5-9-19)24(33)20-10-6-7-11-22(20)31(25)26/h3-14H,15-16H2,1-2H3,(H,27,32). The fraction of sp³-hybridized carbons (Fsp3) is 0.154. The van der Waals surface area contributed by atoms with E-state index in [2.05, 4.69) is 15.5 Å². The lowest BCUT2D eigenvalue weighted by atomic mass is 10.1. The number of nitrogens with zero attached hydrogens (tertiary/aromatic N) is 4. The Kier molecular flexibility index (Phi) is 5.90. The first kappa shape index (κ1) is 21.9. The molecule has 3 aromatic carbocycles. The van der Waals surface area contributed by atoms with E-state index in [1.165, 1.54) is 11.8 Å². The summed E-state index contributed by atoms with van der Waals surface area (Å²) in [5.41, 5.74) is 4.48. The van der Waals surface area contributed by atoms with E-state index in [9.17, 15) is 9.59 Å². The highest BCUT2D eigenvalue weighted by Gasteiger charge is 2.18. The zero-order valence-electron chi connectivity index (χ0n) is 18.9. The van der Waals surface area contributed by atoms with Crippen LogP contribution in [0.2, 0.25) is 0 Å². The second kappa shape index (κ2) is 9.15. The zero-order valence-corrected chi connectivity index (χ0v) is 19.7. The van der Waals surface area contributed by atoms with Crippen molar-refractivity contribution in [2.75, 3.05) is 11.1 Å². The topological polar surface area (TPSA) is 81.3 Å². The molecule has 0 saturated heterocycles. The van der Waals surface area contributed by atoms with Gasteiger partial charge in [0.25, 0.3) is 5.56 Å². The largest absolute Gasteiger partial charge is 0.325 e. The predicted octanol–water partition coefficient (Wildman–Crippen LogP) is 4.44. The molecular formula is C26H23N5O2S. The van der Waals surface area contributed by atoms with Gasteiger partial charge in [0.05, 0.1) is 23.2 Å². The zero-order chi connectivity index (χ0) is 23.7. The van der Waals surface area contributed by atoms with Gasteiger partial charge in [0, 0.05) is 5.69 Å². The number of para-hydroxylation sites is 1. The Morgan fingerprint density at radius 1 is 0.971 bits per heavy atom. The van der Waals surface area contributed by atoms with E-state index in [1.807, 2.05) is 85.0 Å². The fourth-order valence-electron chi connectivity index (χ4n) is 3.92. The summed E-state index contributed by atoms with van der Waals surface area (Å²) in [5, 5.41) is 12.8. The number of rotatable bonds is 6. The number of amides is 1. The molecule has 0 bridgehead atoms. The van der Waals surface area contributed by atoms with Gasteiger partial charge in [0.15, 0.2) is 5.16 Å². The number of thioether (sulfide) groups is 1. The third-order valence-electron chi connectivity index (χ3n) is 5.66. The minimum absolute atomic E-state index is 0.122. The molecule has 0 spiro atoms. The quantitative estimate of drug-likeness (QED) is 0.372. The number of aromatic nitrogens is 4. The summed E-state index contributed by atoms with van der Waals surface area (Å²) in [6.07, 6.45) is 0. The molecule has 1 amide bonds. The number of benzene rings is 3. The van der Waals surface area contributed by atoms with E-state index < -0.39 is 0 Å². The predicted molar refractivity (Wildman–Crippen MR) is 136 cm³/mol. The van der Waals surface area contributed by atoms with Crippen molar-refractivity contribution in [1.82, 2.24) is 19.2 Å². The number of hydrogen-bond acceptors (Lipinski definition) is 5. The molecule has 0 saturated carbocycles. The molecular weight excluding hydrogens is 446 g/mol. The third-order valence-corrected chi connectivity index (χ3v) is 6.59. The Morgan fingerprint density at radius 3 is 2.56 bits per heavy atom. The van der Waals surface area contributed by atoms with E-state index in [-0.39, 0.29) is 17.2 Å². The number of anilines is 1. The van der Waals surface area contributed by atoms with Gasteiger partial charge in [-0.3, -0.25) is 18.6 Å². The van der Waals surface area contributed by atoms with Gasteiger partial charge in [-0.15, -0.1) is 10.2 Å². The Balaban J connectivity index is 1.49. The highest BCUT2D eigenvalue weighted by molar-refractivity contribution is 7.99. The first-order valence-corrected chi connectivity index (χ1v) is 11.9. The molecule has 34 heavy (non-hydrogen) atoms. The summed E-state index contributed by atoms with van der Waals surface area (Å²) in [6, 6.07) is 23.1. The van der Waals surface area contributed by atoms with Gasteiger partial charge in [0.1, 0.15) is 0 Å². The van der Waals surface area contributed by atoms with Crippen LogP contribution in [0.25, 0.3) is 16.7 Å². The molecule has 0 aliphatic carbocycles. The lowest BCUT2D eigenvalue weighted by Gasteiger charge is -2.12. The van der Waals surface area contributed by atoms with E-state index in [4.69, 9.17) is 0 Å². The smallest absolute Gasteiger partial charge is 0.263 e. The van der Waals surface area contributed by atoms with Crippen LogP contribution in [0.5, 0.6) is 0 Å². The van der Waals surface area contributed by atoms with E-state index in [0.717, 1.165) is 22.4 Å². The fourth-order valence-corrected chi connectivity index (χ4v) is 4.66. The van der Waals surface area contributed by atoms with Crippen LogP contribution in [0.3, 0.4) is 0 Å². The van der Waals surface area contributed by atoms with E-state index in [0.29, 0.717) is 28.4 Å². The van der Waals surface area contributed by atoms with Crippen molar-refractivity contribution in [1.29, 1.82) is 0 Å². The van der Waals surface area contributed by atoms with Crippen molar-refractivity contribution in [2.24, 2.45) is 0 Å². The van der Waals surface area contributed by atoms with Gasteiger partial charge in [-0.05, 0) is 48.7 Å². The summed E-state index contributed by atoms with van der Waals surface area (Å²) in [4.78, 5) is 26.0. The lowest BCUT2D eigenvalue weighted by molar-refractivity contribution is -0.113. The maximum Gasteiger partial charge on any atom is 0.263 e. The molecule has 2 aromatic heterocycles. The molecule has 1 N–H and O–H groups in total. The Hall–Kier alpha value is -3.91. The minimum Gasteiger partial charge on any atom is -0.325 e. The van der Waals surface area contributed by atoms with Crippen molar-refractivity contribution < 1.29 is 4.79 Å². The Bertz CT molecular complexity index is 1570. The average molecular weight is 470 g/mol. The van der Waals surface area contributed by atoms with Crippen molar-refractivity contribution >= 4 is 40.0 Å². The van der Waals surface area contributed by atoms with E-state index in [1.54, 1.807) is 10.6 Å². The van der Waals surface area contributed by atoms with E-state index >= 15 is 0 Å². The molecule has 0 unspecified atom stereocenters. The molecule has 0 radical (unpaired) electrons. The number of fused-ring (bicyclic) bond motifs is 3. The molecule has 5 rings (SSSR count). The molecule has 8 heteroatoms. The first-order chi connectivity index (χ1) is 16.5. The van der Waals surface area contributed by atoms with Gasteiger partial charge < -0.3 is 5.32 Å². The number of carbonyl (C=O) groups excluding carboxylic acids is 1. The second-order valence-corrected chi connectivity index (χ2v) is 9.11. The summed E-state index contributed by atoms with van der Waals surface area (Å²) in [5.74, 6) is 0.489. The average Bonchev–Trinajstić information content (AvgIpc) is 3.27. The number of carbonyl (C=O) groups is 1. The maximum atomic E-state index is 13.3. The van der Waals surface area contributed by atoms with Crippen LogP contribution in [0.15, 0.2) is 82.7 Å². The summed E-state index contributed by atoms with van der Waals surface area (Å²) in [7, 11) is 0. The molecule has 2 heterocycles. The highest BCUT2D eigenvalue weighted by atomic mass is 32.2. The van der Waals surface area contributed by atoms with Crippen LogP contribution in [0.4, 0.5) is 5.69 Å². The van der Waals surface area contributed by atoms with Gasteiger partial charge >= 0.3 is 0 Å². The molecule has 0 aliphatic heterocycles. The summed E-state index contributed by atoms with van der Waals surface area (Å²) < 4.78 is 3.49. The third kappa shape index (κ3) is 4.20. The van der Waals surface area contributed by atoms with Crippen molar-refractivity contribution in [3.8, 4) is 0 Å². The molecule has 7 nitrogen and oxygen atoms in total. The van der Waals surface area contributed by atoms with Crippen LogP contribution in [0.1, 0.15) is 16.7 Å². The van der Waals surface area contributed by atoms with Gasteiger partial charge in [-0.1, -0.05) is 66.4 Å². The van der Waals surface area contributed by atoms with Crippen LogP contribution in [-0.4, -0.2) is 30.8 Å². The number of aryl methyl sites for hydroxylation is 2. The van der Waals surface area contributed by atoms with Crippen molar-refractivity contribution in [3.63, 3.8) is 0 Å². The molecule has 0 atom stereocenters. The minimum atomic E-state index is -0.127. The Labute approximate surface area is 200 Å². The monoisotopic (exact) mass is 469 g/mol. The van der Waals surface area contributed by atoms with Gasteiger partial charge in [-0.2, -0.15) is 0 Å². The van der Waals surface area contributed by atoms with Crippen LogP contribution >= 0.6 is 11.8 Å². The van der Waals surface area contributed by atoms with Crippen molar-refractivity contribution in [2.45, 2.75) is 25.5 Å². The lowest BCUT2D eigenvalue weighted by Crippen LogP contribution is -2.24. The Morgan fingerprint density at radius 2 is 1.74 bits per heavy atom. The second-order valence-electron chi connectivity index (χ2n) is 8.17. The SMILES string of the molecule is Cc1ccc(C)c(NC(=O)CSc2nnc3n(Cc4ccccc4)c(=O)c4ccccc4n23)c1. The molecule has 5 aromatic rings. The van der Waals surface area contributed by atoms with Crippen LogP contribution < -0.4 is 10.9 Å². The summed E-state index contributed by atoms with van der Waals surface area (Å²) in [6.45, 7) is 4.34. The van der Waals surface area contributed by atoms with Crippen LogP contribution in [0, 0.1) is 13.8 Å². The van der Waals surface area contributed by atoms with Crippen LogP contribution in [-0.2, 0) is 11.3 Å². The maximum absolute atomic E-state index is 13.3.